The minimum Gasteiger partial charge on any atom is -0.312 e. The van der Waals surface area contributed by atoms with Gasteiger partial charge in [-0.25, -0.2) is 4.39 Å². The molecular formula is C13H18FN. The summed E-state index contributed by atoms with van der Waals surface area (Å²) in [6, 6.07) is 6.71. The summed E-state index contributed by atoms with van der Waals surface area (Å²) < 4.78 is 12.6. The first-order valence-corrected chi connectivity index (χ1v) is 5.63. The van der Waals surface area contributed by atoms with E-state index in [1.54, 1.807) is 0 Å². The van der Waals surface area contributed by atoms with E-state index in [1.165, 1.54) is 31.4 Å². The van der Waals surface area contributed by atoms with Crippen molar-refractivity contribution in [2.45, 2.75) is 32.7 Å². The van der Waals surface area contributed by atoms with Gasteiger partial charge in [0, 0.05) is 13.1 Å². The summed E-state index contributed by atoms with van der Waals surface area (Å²) in [6.07, 6.45) is 4.04. The van der Waals surface area contributed by atoms with Crippen LogP contribution in [0.1, 0.15) is 31.7 Å². The molecule has 82 valence electrons. The molecule has 2 heteroatoms. The predicted octanol–water partition coefficient (Wildman–Crippen LogP) is 3.11. The minimum absolute atomic E-state index is 0.162. The summed E-state index contributed by atoms with van der Waals surface area (Å²) in [6.45, 7) is 4.24. The molecule has 1 aromatic carbocycles. The van der Waals surface area contributed by atoms with Gasteiger partial charge in [0.25, 0.3) is 0 Å². The largest absolute Gasteiger partial charge is 0.312 e. The molecule has 0 saturated heterocycles. The zero-order valence-electron chi connectivity index (χ0n) is 9.22. The van der Waals surface area contributed by atoms with Crippen LogP contribution in [0.5, 0.6) is 0 Å². The minimum atomic E-state index is -0.162. The van der Waals surface area contributed by atoms with Crippen LogP contribution in [-0.2, 0) is 6.54 Å². The van der Waals surface area contributed by atoms with Crippen molar-refractivity contribution in [2.24, 2.45) is 5.41 Å². The lowest BCUT2D eigenvalue weighted by molar-refractivity contribution is 0.156. The molecule has 0 amide bonds. The number of rotatable bonds is 4. The summed E-state index contributed by atoms with van der Waals surface area (Å²) >= 11 is 0. The predicted molar refractivity (Wildman–Crippen MR) is 60.1 cm³/mol. The van der Waals surface area contributed by atoms with E-state index in [1.807, 2.05) is 12.1 Å². The van der Waals surface area contributed by atoms with Gasteiger partial charge in [-0.1, -0.05) is 25.5 Å². The highest BCUT2D eigenvalue weighted by Crippen LogP contribution is 2.39. The molecule has 0 radical (unpaired) electrons. The third-order valence-electron chi connectivity index (χ3n) is 3.35. The van der Waals surface area contributed by atoms with Crippen LogP contribution in [0.3, 0.4) is 0 Å². The van der Waals surface area contributed by atoms with Crippen LogP contribution in [0, 0.1) is 11.2 Å². The van der Waals surface area contributed by atoms with Gasteiger partial charge in [0.1, 0.15) is 5.82 Å². The quantitative estimate of drug-likeness (QED) is 0.800. The fraction of sp³-hybridized carbons (Fsp3) is 0.538. The van der Waals surface area contributed by atoms with Crippen LogP contribution >= 0.6 is 0 Å². The number of hydrogen-bond donors (Lipinski definition) is 1. The molecule has 0 heterocycles. The van der Waals surface area contributed by atoms with Crippen molar-refractivity contribution >= 4 is 0 Å². The zero-order chi connectivity index (χ0) is 10.7. The Morgan fingerprint density at radius 1 is 1.27 bits per heavy atom. The van der Waals surface area contributed by atoms with Crippen LogP contribution in [0.15, 0.2) is 24.3 Å². The summed E-state index contributed by atoms with van der Waals surface area (Å²) in [5.41, 5.74) is 1.67. The summed E-state index contributed by atoms with van der Waals surface area (Å²) in [5, 5.41) is 3.44. The van der Waals surface area contributed by atoms with Gasteiger partial charge in [-0.05, 0) is 36.0 Å². The topological polar surface area (TPSA) is 12.0 Å². The number of benzene rings is 1. The van der Waals surface area contributed by atoms with Crippen LogP contribution in [0.4, 0.5) is 4.39 Å². The first kappa shape index (κ1) is 10.6. The first-order valence-electron chi connectivity index (χ1n) is 5.63. The van der Waals surface area contributed by atoms with Gasteiger partial charge >= 0.3 is 0 Å². The molecule has 2 rings (SSSR count). The molecule has 0 aromatic heterocycles. The summed E-state index contributed by atoms with van der Waals surface area (Å²) in [4.78, 5) is 0. The van der Waals surface area contributed by atoms with Gasteiger partial charge in [-0.3, -0.25) is 0 Å². The monoisotopic (exact) mass is 207 g/mol. The van der Waals surface area contributed by atoms with Crippen molar-refractivity contribution in [1.82, 2.24) is 5.32 Å². The molecule has 1 N–H and O–H groups in total. The number of hydrogen-bond acceptors (Lipinski definition) is 1. The molecule has 1 aliphatic rings. The molecule has 1 fully saturated rings. The van der Waals surface area contributed by atoms with Crippen LogP contribution < -0.4 is 5.32 Å². The maximum atomic E-state index is 12.6. The van der Waals surface area contributed by atoms with E-state index >= 15 is 0 Å². The average Bonchev–Trinajstić information content (AvgIpc) is 2.19. The highest BCUT2D eigenvalue weighted by molar-refractivity contribution is 5.15. The molecule has 0 bridgehead atoms. The second-order valence-corrected chi connectivity index (χ2v) is 4.89. The zero-order valence-corrected chi connectivity index (χ0v) is 9.22. The van der Waals surface area contributed by atoms with Gasteiger partial charge < -0.3 is 5.32 Å². The Bertz CT molecular complexity index is 314. The maximum absolute atomic E-state index is 12.6. The highest BCUT2D eigenvalue weighted by atomic mass is 19.1. The van der Waals surface area contributed by atoms with Crippen LogP contribution in [0.2, 0.25) is 0 Å². The summed E-state index contributed by atoms with van der Waals surface area (Å²) in [5.74, 6) is -0.162. The third-order valence-corrected chi connectivity index (χ3v) is 3.35. The van der Waals surface area contributed by atoms with E-state index < -0.39 is 0 Å². The lowest BCUT2D eigenvalue weighted by Gasteiger charge is -2.38. The first-order chi connectivity index (χ1) is 7.18. The third kappa shape index (κ3) is 2.78. The van der Waals surface area contributed by atoms with Crippen molar-refractivity contribution in [3.63, 3.8) is 0 Å². The van der Waals surface area contributed by atoms with Gasteiger partial charge in [-0.2, -0.15) is 0 Å². The fourth-order valence-electron chi connectivity index (χ4n) is 2.07. The molecular weight excluding hydrogens is 189 g/mol. The van der Waals surface area contributed by atoms with Gasteiger partial charge in [0.2, 0.25) is 0 Å². The van der Waals surface area contributed by atoms with E-state index in [9.17, 15) is 4.39 Å². The van der Waals surface area contributed by atoms with E-state index in [0.717, 1.165) is 18.7 Å². The molecule has 0 aliphatic heterocycles. The Morgan fingerprint density at radius 2 is 1.93 bits per heavy atom. The van der Waals surface area contributed by atoms with Crippen molar-refractivity contribution in [3.8, 4) is 0 Å². The highest BCUT2D eigenvalue weighted by Gasteiger charge is 2.30. The van der Waals surface area contributed by atoms with Crippen molar-refractivity contribution in [2.75, 3.05) is 6.54 Å². The van der Waals surface area contributed by atoms with Crippen molar-refractivity contribution in [3.05, 3.63) is 35.6 Å². The van der Waals surface area contributed by atoms with E-state index in [0.29, 0.717) is 5.41 Å². The molecule has 15 heavy (non-hydrogen) atoms. The maximum Gasteiger partial charge on any atom is 0.123 e. The van der Waals surface area contributed by atoms with Crippen molar-refractivity contribution in [1.29, 1.82) is 0 Å². The smallest absolute Gasteiger partial charge is 0.123 e. The SMILES string of the molecule is CC1(CNCc2ccc(F)cc2)CCC1. The lowest BCUT2D eigenvalue weighted by atomic mass is 9.70. The molecule has 0 atom stereocenters. The van der Waals surface area contributed by atoms with E-state index in [-0.39, 0.29) is 5.82 Å². The van der Waals surface area contributed by atoms with Crippen molar-refractivity contribution < 1.29 is 4.39 Å². The Hall–Kier alpha value is -0.890. The average molecular weight is 207 g/mol. The fourth-order valence-corrected chi connectivity index (χ4v) is 2.07. The van der Waals surface area contributed by atoms with Crippen LogP contribution in [-0.4, -0.2) is 6.54 Å². The summed E-state index contributed by atoms with van der Waals surface area (Å²) in [7, 11) is 0. The molecule has 1 aromatic rings. The van der Waals surface area contributed by atoms with E-state index in [2.05, 4.69) is 12.2 Å². The number of nitrogens with one attached hydrogen (secondary N) is 1. The molecule has 0 unspecified atom stereocenters. The molecule has 1 saturated carbocycles. The molecule has 0 spiro atoms. The Morgan fingerprint density at radius 3 is 2.47 bits per heavy atom. The number of halogens is 1. The lowest BCUT2D eigenvalue weighted by Crippen LogP contribution is -2.36. The van der Waals surface area contributed by atoms with Crippen LogP contribution in [0.25, 0.3) is 0 Å². The van der Waals surface area contributed by atoms with E-state index in [4.69, 9.17) is 0 Å². The molecule has 1 nitrogen and oxygen atoms in total. The second-order valence-electron chi connectivity index (χ2n) is 4.89. The van der Waals surface area contributed by atoms with Gasteiger partial charge in [0.05, 0.1) is 0 Å². The normalized spacial score (nSPS) is 18.5. The Kier molecular flexibility index (Phi) is 3.06. The molecule has 1 aliphatic carbocycles. The second kappa shape index (κ2) is 4.31. The Balaban J connectivity index is 1.76. The van der Waals surface area contributed by atoms with Gasteiger partial charge in [-0.15, -0.1) is 0 Å². The standard InChI is InChI=1S/C13H18FN/c1-13(7-2-8-13)10-15-9-11-3-5-12(14)6-4-11/h3-6,15H,2,7-10H2,1H3. The Labute approximate surface area is 90.7 Å². The van der Waals surface area contributed by atoms with Gasteiger partial charge in [0.15, 0.2) is 0 Å².